The summed E-state index contributed by atoms with van der Waals surface area (Å²) >= 11 is 6.48. The zero-order valence-corrected chi connectivity index (χ0v) is 19.5. The summed E-state index contributed by atoms with van der Waals surface area (Å²) in [6, 6.07) is 4.67. The molecule has 2 aliphatic heterocycles. The van der Waals surface area contributed by atoms with Crippen LogP contribution < -0.4 is 5.32 Å². The highest BCUT2D eigenvalue weighted by atomic mass is 35.5. The number of benzene rings is 1. The van der Waals surface area contributed by atoms with Crippen LogP contribution in [0.5, 0.6) is 0 Å². The Morgan fingerprint density at radius 1 is 1.23 bits per heavy atom. The second-order valence-corrected chi connectivity index (χ2v) is 9.82. The Bertz CT molecular complexity index is 805. The molecule has 1 aromatic rings. The number of rotatable bonds is 4. The second kappa shape index (κ2) is 9.73. The molecule has 0 spiro atoms. The van der Waals surface area contributed by atoms with E-state index in [9.17, 15) is 14.7 Å². The van der Waals surface area contributed by atoms with E-state index in [1.807, 2.05) is 12.1 Å². The molecule has 2 saturated heterocycles. The van der Waals surface area contributed by atoms with Crippen molar-refractivity contribution in [1.29, 1.82) is 0 Å². The van der Waals surface area contributed by atoms with Crippen LogP contribution in [0.25, 0.3) is 0 Å². The number of ether oxygens (including phenoxy) is 1. The monoisotopic (exact) mass is 452 g/mol. The van der Waals surface area contributed by atoms with Crippen LogP contribution in [0.4, 0.5) is 10.5 Å². The number of hydrogen-bond donors (Lipinski definition) is 2. The molecule has 0 saturated carbocycles. The highest BCUT2D eigenvalue weighted by Crippen LogP contribution is 2.26. The molecule has 2 amide bonds. The topological polar surface area (TPSA) is 85.4 Å². The molecule has 1 aromatic carbocycles. The van der Waals surface area contributed by atoms with Gasteiger partial charge in [-0.25, -0.2) is 4.79 Å². The van der Waals surface area contributed by atoms with Crippen LogP contribution in [0.3, 0.4) is 0 Å². The van der Waals surface area contributed by atoms with Crippen molar-refractivity contribution < 1.29 is 19.4 Å². The van der Waals surface area contributed by atoms with Crippen molar-refractivity contribution in [1.82, 2.24) is 14.7 Å². The lowest BCUT2D eigenvalue weighted by molar-refractivity contribution is -0.120. The zero-order valence-electron chi connectivity index (χ0n) is 18.7. The molecule has 31 heavy (non-hydrogen) atoms. The summed E-state index contributed by atoms with van der Waals surface area (Å²) in [6.45, 7) is 10.2. The number of halogens is 1. The summed E-state index contributed by atoms with van der Waals surface area (Å²) in [5.74, 6) is -0.370. The van der Waals surface area contributed by atoms with E-state index in [2.05, 4.69) is 22.2 Å². The van der Waals surface area contributed by atoms with E-state index in [1.165, 1.54) is 4.90 Å². The molecule has 0 aliphatic carbocycles. The molecule has 1 unspecified atom stereocenters. The van der Waals surface area contributed by atoms with Gasteiger partial charge in [0.1, 0.15) is 11.6 Å². The maximum Gasteiger partial charge on any atom is 0.411 e. The number of nitrogens with one attached hydrogen (secondary N) is 1. The average molecular weight is 453 g/mol. The van der Waals surface area contributed by atoms with Crippen molar-refractivity contribution in [2.75, 3.05) is 45.1 Å². The third-order valence-corrected chi connectivity index (χ3v) is 5.87. The Hall–Kier alpha value is -1.87. The van der Waals surface area contributed by atoms with E-state index in [-0.39, 0.29) is 18.9 Å². The van der Waals surface area contributed by atoms with Gasteiger partial charge in [0.05, 0.1) is 12.6 Å². The molecule has 172 valence electrons. The van der Waals surface area contributed by atoms with Crippen LogP contribution in [-0.2, 0) is 16.1 Å². The minimum absolute atomic E-state index is 0.0672. The third kappa shape index (κ3) is 6.55. The standard InChI is InChI=1S/C22H33ClN4O4/c1-22(2,3)31-21(30)27-14-17(28)12-19(27)20(29)24-16-6-5-15(18(23)11-16)13-26-9-7-25(4)8-10-26/h5-6,11,17,19,28H,7-10,12-14H2,1-4H3,(H,24,29)/t17?,19-/m0/s1. The lowest BCUT2D eigenvalue weighted by Crippen LogP contribution is -2.45. The maximum absolute atomic E-state index is 12.9. The SMILES string of the molecule is CN1CCN(Cc2ccc(NC(=O)[C@@H]3CC(O)CN3C(=O)OC(C)(C)C)cc2Cl)CC1. The molecular weight excluding hydrogens is 420 g/mol. The summed E-state index contributed by atoms with van der Waals surface area (Å²) < 4.78 is 5.38. The summed E-state index contributed by atoms with van der Waals surface area (Å²) in [7, 11) is 2.12. The van der Waals surface area contributed by atoms with Gasteiger partial charge in [0.2, 0.25) is 5.91 Å². The first kappa shape index (κ1) is 23.8. The molecule has 2 heterocycles. The minimum atomic E-state index is -0.798. The first-order valence-electron chi connectivity index (χ1n) is 10.7. The Kier molecular flexibility index (Phi) is 7.47. The quantitative estimate of drug-likeness (QED) is 0.729. The van der Waals surface area contributed by atoms with Crippen molar-refractivity contribution in [3.8, 4) is 0 Å². The molecule has 8 nitrogen and oxygen atoms in total. The number of likely N-dealkylation sites (N-methyl/N-ethyl adjacent to an activating group) is 1. The lowest BCUT2D eigenvalue weighted by atomic mass is 10.1. The smallest absolute Gasteiger partial charge is 0.411 e. The summed E-state index contributed by atoms with van der Waals surface area (Å²) in [6.07, 6.45) is -1.21. The number of nitrogens with zero attached hydrogens (tertiary/aromatic N) is 3. The molecule has 3 rings (SSSR count). The molecule has 9 heteroatoms. The molecule has 2 atom stereocenters. The fourth-order valence-corrected chi connectivity index (χ4v) is 4.05. The number of amides is 2. The van der Waals surface area contributed by atoms with Crippen LogP contribution in [0, 0.1) is 0 Å². The number of piperazine rings is 1. The fourth-order valence-electron chi connectivity index (χ4n) is 3.81. The van der Waals surface area contributed by atoms with Gasteiger partial charge in [-0.3, -0.25) is 14.6 Å². The molecule has 0 aromatic heterocycles. The summed E-state index contributed by atoms with van der Waals surface area (Å²) in [4.78, 5) is 31.3. The van der Waals surface area contributed by atoms with Gasteiger partial charge >= 0.3 is 6.09 Å². The Morgan fingerprint density at radius 3 is 2.52 bits per heavy atom. The van der Waals surface area contributed by atoms with E-state index < -0.39 is 23.8 Å². The Balaban J connectivity index is 1.62. The molecule has 0 bridgehead atoms. The molecule has 0 radical (unpaired) electrons. The normalized spacial score (nSPS) is 23.1. The number of hydrogen-bond acceptors (Lipinski definition) is 6. The highest BCUT2D eigenvalue weighted by molar-refractivity contribution is 6.31. The Morgan fingerprint density at radius 2 is 1.90 bits per heavy atom. The molecule has 2 N–H and O–H groups in total. The lowest BCUT2D eigenvalue weighted by Gasteiger charge is -2.32. The zero-order chi connectivity index (χ0) is 22.8. The summed E-state index contributed by atoms with van der Waals surface area (Å²) in [5, 5.41) is 13.4. The molecular formula is C22H33ClN4O4. The van der Waals surface area contributed by atoms with Gasteiger partial charge in [-0.05, 0) is 45.5 Å². The van der Waals surface area contributed by atoms with Crippen molar-refractivity contribution in [2.24, 2.45) is 0 Å². The van der Waals surface area contributed by atoms with Gasteiger partial charge in [0, 0.05) is 49.9 Å². The highest BCUT2D eigenvalue weighted by Gasteiger charge is 2.41. The van der Waals surface area contributed by atoms with Crippen LogP contribution in [0.2, 0.25) is 5.02 Å². The largest absolute Gasteiger partial charge is 0.444 e. The van der Waals surface area contributed by atoms with Crippen molar-refractivity contribution in [3.63, 3.8) is 0 Å². The number of carbonyl (C=O) groups is 2. The van der Waals surface area contributed by atoms with E-state index in [4.69, 9.17) is 16.3 Å². The second-order valence-electron chi connectivity index (χ2n) is 9.41. The van der Waals surface area contributed by atoms with E-state index in [0.717, 1.165) is 38.3 Å². The minimum Gasteiger partial charge on any atom is -0.444 e. The maximum atomic E-state index is 12.9. The predicted molar refractivity (Wildman–Crippen MR) is 120 cm³/mol. The van der Waals surface area contributed by atoms with E-state index >= 15 is 0 Å². The van der Waals surface area contributed by atoms with Crippen LogP contribution in [0.15, 0.2) is 18.2 Å². The van der Waals surface area contributed by atoms with Gasteiger partial charge < -0.3 is 20.1 Å². The number of anilines is 1. The summed E-state index contributed by atoms with van der Waals surface area (Å²) in [5.41, 5.74) is 0.886. The van der Waals surface area contributed by atoms with E-state index in [1.54, 1.807) is 26.8 Å². The van der Waals surface area contributed by atoms with Crippen molar-refractivity contribution in [2.45, 2.75) is 51.5 Å². The van der Waals surface area contributed by atoms with Crippen molar-refractivity contribution in [3.05, 3.63) is 28.8 Å². The first-order valence-corrected chi connectivity index (χ1v) is 11.1. The van der Waals surface area contributed by atoms with Gasteiger partial charge in [-0.1, -0.05) is 17.7 Å². The predicted octanol–water partition coefficient (Wildman–Crippen LogP) is 2.40. The number of likely N-dealkylation sites (tertiary alicyclic amines) is 1. The number of carbonyl (C=O) groups excluding carboxylic acids is 2. The van der Waals surface area contributed by atoms with Crippen molar-refractivity contribution >= 4 is 29.3 Å². The van der Waals surface area contributed by atoms with Gasteiger partial charge in [-0.2, -0.15) is 0 Å². The number of β-amino-alcohol motifs (C(OH)–C–C–N with tert-alkyl or cyclic N) is 1. The van der Waals surface area contributed by atoms with Gasteiger partial charge in [0.15, 0.2) is 0 Å². The molecule has 2 aliphatic rings. The Labute approximate surface area is 189 Å². The fraction of sp³-hybridized carbons (Fsp3) is 0.636. The van der Waals surface area contributed by atoms with Crippen LogP contribution in [-0.4, -0.2) is 89.3 Å². The van der Waals surface area contributed by atoms with Crippen LogP contribution >= 0.6 is 11.6 Å². The third-order valence-electron chi connectivity index (χ3n) is 5.52. The molecule has 2 fully saturated rings. The van der Waals surface area contributed by atoms with Gasteiger partial charge in [-0.15, -0.1) is 0 Å². The van der Waals surface area contributed by atoms with Crippen LogP contribution in [0.1, 0.15) is 32.8 Å². The van der Waals surface area contributed by atoms with E-state index in [0.29, 0.717) is 10.7 Å². The van der Waals surface area contributed by atoms with Gasteiger partial charge in [0.25, 0.3) is 0 Å². The average Bonchev–Trinajstić information content (AvgIpc) is 3.06. The number of aliphatic hydroxyl groups is 1. The first-order chi connectivity index (χ1) is 14.5. The number of aliphatic hydroxyl groups excluding tert-OH is 1.